The maximum absolute atomic E-state index is 5.95. The van der Waals surface area contributed by atoms with E-state index in [0.717, 1.165) is 37.6 Å². The number of nitrogens with zero attached hydrogens (tertiary/aromatic N) is 1. The Bertz CT molecular complexity index is 403. The number of pyridine rings is 1. The van der Waals surface area contributed by atoms with E-state index in [4.69, 9.17) is 15.2 Å². The van der Waals surface area contributed by atoms with Crippen molar-refractivity contribution in [3.63, 3.8) is 0 Å². The number of ether oxygens (including phenoxy) is 2. The fourth-order valence-corrected chi connectivity index (χ4v) is 2.23. The molecular formula is C14H23N3O2. The summed E-state index contributed by atoms with van der Waals surface area (Å²) in [5.74, 6) is 1.54. The summed E-state index contributed by atoms with van der Waals surface area (Å²) in [7, 11) is 0. The van der Waals surface area contributed by atoms with Gasteiger partial charge in [0.1, 0.15) is 0 Å². The minimum atomic E-state index is -0.137. The third-order valence-electron chi connectivity index (χ3n) is 3.36. The lowest BCUT2D eigenvalue weighted by Gasteiger charge is -2.37. The second-order valence-corrected chi connectivity index (χ2v) is 5.24. The monoisotopic (exact) mass is 265 g/mol. The molecule has 3 N–H and O–H groups in total. The van der Waals surface area contributed by atoms with Gasteiger partial charge in [-0.25, -0.2) is 4.98 Å². The normalized spacial score (nSPS) is 18.3. The summed E-state index contributed by atoms with van der Waals surface area (Å²) in [4.78, 5) is 4.39. The van der Waals surface area contributed by atoms with Gasteiger partial charge in [-0.2, -0.15) is 0 Å². The molecule has 5 nitrogen and oxygen atoms in total. The second kappa shape index (κ2) is 6.21. The molecule has 5 heteroatoms. The highest BCUT2D eigenvalue weighted by atomic mass is 16.5. The summed E-state index contributed by atoms with van der Waals surface area (Å²) in [5, 5.41) is 3.48. The van der Waals surface area contributed by atoms with Crippen molar-refractivity contribution in [1.82, 2.24) is 4.98 Å². The van der Waals surface area contributed by atoms with Gasteiger partial charge in [-0.1, -0.05) is 0 Å². The minimum absolute atomic E-state index is 0.119. The van der Waals surface area contributed by atoms with Gasteiger partial charge in [0.15, 0.2) is 11.6 Å². The zero-order valence-electron chi connectivity index (χ0n) is 11.7. The van der Waals surface area contributed by atoms with Gasteiger partial charge in [0.05, 0.1) is 11.6 Å². The van der Waals surface area contributed by atoms with Crippen LogP contribution in [0, 0.1) is 0 Å². The van der Waals surface area contributed by atoms with E-state index in [1.165, 1.54) is 0 Å². The molecule has 1 saturated heterocycles. The van der Waals surface area contributed by atoms with Crippen molar-refractivity contribution in [2.75, 3.05) is 25.1 Å². The van der Waals surface area contributed by atoms with Crippen LogP contribution in [0.3, 0.4) is 0 Å². The largest absolute Gasteiger partial charge is 0.487 e. The van der Waals surface area contributed by atoms with E-state index < -0.39 is 0 Å². The summed E-state index contributed by atoms with van der Waals surface area (Å²) < 4.78 is 11.2. The van der Waals surface area contributed by atoms with E-state index >= 15 is 0 Å². The Balaban J connectivity index is 2.16. The first-order valence-corrected chi connectivity index (χ1v) is 6.83. The lowest BCUT2D eigenvalue weighted by Crippen LogP contribution is -2.49. The van der Waals surface area contributed by atoms with Crippen LogP contribution in [0.2, 0.25) is 0 Å². The van der Waals surface area contributed by atoms with Crippen LogP contribution >= 0.6 is 0 Å². The number of nitrogens with two attached hydrogens (primary N) is 1. The average molecular weight is 265 g/mol. The summed E-state index contributed by atoms with van der Waals surface area (Å²) in [6.07, 6.45) is 3.66. The third kappa shape index (κ3) is 3.58. The van der Waals surface area contributed by atoms with Crippen LogP contribution in [0.15, 0.2) is 18.3 Å². The molecule has 0 unspecified atom stereocenters. The van der Waals surface area contributed by atoms with Crippen molar-refractivity contribution < 1.29 is 9.47 Å². The number of anilines is 1. The van der Waals surface area contributed by atoms with Crippen molar-refractivity contribution in [3.05, 3.63) is 18.3 Å². The fraction of sp³-hybridized carbons (Fsp3) is 0.643. The number of hydrogen-bond acceptors (Lipinski definition) is 5. The van der Waals surface area contributed by atoms with E-state index in [1.807, 2.05) is 26.0 Å². The fourth-order valence-electron chi connectivity index (χ4n) is 2.23. The molecular weight excluding hydrogens is 242 g/mol. The molecule has 1 aliphatic rings. The quantitative estimate of drug-likeness (QED) is 0.849. The van der Waals surface area contributed by atoms with Crippen molar-refractivity contribution >= 4 is 5.82 Å². The van der Waals surface area contributed by atoms with Crippen LogP contribution in [-0.4, -0.2) is 36.4 Å². The SMILES string of the molecule is CC(C)Oc1cccnc1NC1(CN)CCOCC1. The first-order chi connectivity index (χ1) is 9.15. The molecule has 2 rings (SSSR count). The van der Waals surface area contributed by atoms with Gasteiger partial charge in [-0.05, 0) is 38.8 Å². The molecule has 0 atom stereocenters. The van der Waals surface area contributed by atoms with Crippen molar-refractivity contribution in [2.24, 2.45) is 5.73 Å². The van der Waals surface area contributed by atoms with Crippen LogP contribution in [0.4, 0.5) is 5.82 Å². The van der Waals surface area contributed by atoms with Gasteiger partial charge in [-0.3, -0.25) is 0 Å². The lowest BCUT2D eigenvalue weighted by molar-refractivity contribution is 0.0625. The van der Waals surface area contributed by atoms with E-state index in [1.54, 1.807) is 6.20 Å². The number of hydrogen-bond donors (Lipinski definition) is 2. The Hall–Kier alpha value is -1.33. The molecule has 0 amide bonds. The Morgan fingerprint density at radius 3 is 2.84 bits per heavy atom. The highest BCUT2D eigenvalue weighted by Gasteiger charge is 2.32. The van der Waals surface area contributed by atoms with Crippen molar-refractivity contribution in [2.45, 2.75) is 38.3 Å². The van der Waals surface area contributed by atoms with Crippen LogP contribution in [0.1, 0.15) is 26.7 Å². The Morgan fingerprint density at radius 1 is 1.47 bits per heavy atom. The first kappa shape index (κ1) is 14.1. The highest BCUT2D eigenvalue weighted by molar-refractivity contribution is 5.51. The smallest absolute Gasteiger partial charge is 0.169 e. The Labute approximate surface area is 114 Å². The molecule has 0 radical (unpaired) electrons. The standard InChI is InChI=1S/C14H23N3O2/c1-11(2)19-12-4-3-7-16-13(12)17-14(10-15)5-8-18-9-6-14/h3-4,7,11H,5-6,8-10,15H2,1-2H3,(H,16,17). The maximum Gasteiger partial charge on any atom is 0.169 e. The van der Waals surface area contributed by atoms with Gasteiger partial charge in [0.25, 0.3) is 0 Å². The van der Waals surface area contributed by atoms with Gasteiger partial charge in [-0.15, -0.1) is 0 Å². The molecule has 0 bridgehead atoms. The van der Waals surface area contributed by atoms with Crippen molar-refractivity contribution in [1.29, 1.82) is 0 Å². The Kier molecular flexibility index (Phi) is 4.61. The van der Waals surface area contributed by atoms with Gasteiger partial charge < -0.3 is 20.5 Å². The lowest BCUT2D eigenvalue weighted by atomic mass is 9.90. The van der Waals surface area contributed by atoms with Crippen LogP contribution in [-0.2, 0) is 4.74 Å². The molecule has 1 fully saturated rings. The predicted octanol–water partition coefficient (Wildman–Crippen LogP) is 1.79. The van der Waals surface area contributed by atoms with Gasteiger partial charge in [0.2, 0.25) is 0 Å². The molecule has 0 spiro atoms. The average Bonchev–Trinajstić information content (AvgIpc) is 2.41. The molecule has 106 valence electrons. The van der Waals surface area contributed by atoms with E-state index in [9.17, 15) is 0 Å². The molecule has 0 aromatic carbocycles. The number of nitrogens with one attached hydrogen (secondary N) is 1. The summed E-state index contributed by atoms with van der Waals surface area (Å²) in [5.41, 5.74) is 5.81. The first-order valence-electron chi connectivity index (χ1n) is 6.83. The summed E-state index contributed by atoms with van der Waals surface area (Å²) in [6, 6.07) is 3.81. The highest BCUT2D eigenvalue weighted by Crippen LogP contribution is 2.29. The van der Waals surface area contributed by atoms with Gasteiger partial charge >= 0.3 is 0 Å². The third-order valence-corrected chi connectivity index (χ3v) is 3.36. The van der Waals surface area contributed by atoms with Crippen molar-refractivity contribution in [3.8, 4) is 5.75 Å². The number of aromatic nitrogens is 1. The summed E-state index contributed by atoms with van der Waals surface area (Å²) >= 11 is 0. The molecule has 1 aromatic rings. The molecule has 19 heavy (non-hydrogen) atoms. The molecule has 2 heterocycles. The predicted molar refractivity (Wildman–Crippen MR) is 75.5 cm³/mol. The zero-order chi connectivity index (χ0) is 13.7. The van der Waals surface area contributed by atoms with Crippen LogP contribution in [0.5, 0.6) is 5.75 Å². The topological polar surface area (TPSA) is 69.4 Å². The molecule has 0 saturated carbocycles. The zero-order valence-corrected chi connectivity index (χ0v) is 11.7. The van der Waals surface area contributed by atoms with E-state index in [2.05, 4.69) is 10.3 Å². The van der Waals surface area contributed by atoms with E-state index in [-0.39, 0.29) is 11.6 Å². The Morgan fingerprint density at radius 2 is 2.21 bits per heavy atom. The van der Waals surface area contributed by atoms with Gasteiger partial charge in [0, 0.05) is 26.0 Å². The van der Waals surface area contributed by atoms with E-state index in [0.29, 0.717) is 6.54 Å². The number of rotatable bonds is 5. The van der Waals surface area contributed by atoms with Crippen LogP contribution < -0.4 is 15.8 Å². The van der Waals surface area contributed by atoms with Crippen LogP contribution in [0.25, 0.3) is 0 Å². The minimum Gasteiger partial charge on any atom is -0.487 e. The maximum atomic E-state index is 5.95. The summed E-state index contributed by atoms with van der Waals surface area (Å²) in [6.45, 7) is 6.04. The molecule has 0 aliphatic carbocycles. The molecule has 1 aliphatic heterocycles. The molecule has 1 aromatic heterocycles. The second-order valence-electron chi connectivity index (χ2n) is 5.24.